The van der Waals surface area contributed by atoms with Gasteiger partial charge in [-0.2, -0.15) is 0 Å². The Morgan fingerprint density at radius 1 is 1.12 bits per heavy atom. The molecule has 1 heterocycles. The molecule has 0 saturated heterocycles. The van der Waals surface area contributed by atoms with Crippen molar-refractivity contribution in [2.75, 3.05) is 6.61 Å². The first-order chi connectivity index (χ1) is 12.6. The molecule has 1 aliphatic rings. The van der Waals surface area contributed by atoms with Crippen molar-refractivity contribution < 1.29 is 9.84 Å². The molecule has 0 radical (unpaired) electrons. The standard InChI is InChI=1S/C22H26N2O2/c1-15(2)16-9-11-19(12-10-16)26-14-18(25)13-24-21-6-4-3-5-20(21)23-22(24)17-7-8-17/h3-6,9-12,15,17-18,25H,7-8,13-14H2,1-2H3/t18-/m1/s1. The van der Waals surface area contributed by atoms with Crippen LogP contribution >= 0.6 is 0 Å². The molecule has 1 fully saturated rings. The lowest BCUT2D eigenvalue weighted by molar-refractivity contribution is 0.0927. The van der Waals surface area contributed by atoms with Crippen molar-refractivity contribution in [1.82, 2.24) is 9.55 Å². The second-order valence-electron chi connectivity index (χ2n) is 7.53. The van der Waals surface area contributed by atoms with Gasteiger partial charge in [0, 0.05) is 5.92 Å². The molecule has 1 atom stereocenters. The number of nitrogens with zero attached hydrogens (tertiary/aromatic N) is 2. The van der Waals surface area contributed by atoms with Crippen LogP contribution in [0.25, 0.3) is 11.0 Å². The average Bonchev–Trinajstić information content (AvgIpc) is 3.43. The van der Waals surface area contributed by atoms with Crippen molar-refractivity contribution in [2.24, 2.45) is 0 Å². The first kappa shape index (κ1) is 17.1. The van der Waals surface area contributed by atoms with Crippen LogP contribution in [0.1, 0.15) is 49.9 Å². The monoisotopic (exact) mass is 350 g/mol. The minimum absolute atomic E-state index is 0.275. The summed E-state index contributed by atoms with van der Waals surface area (Å²) in [5.74, 6) is 2.95. The highest BCUT2D eigenvalue weighted by Crippen LogP contribution is 2.40. The van der Waals surface area contributed by atoms with Crippen molar-refractivity contribution in [3.63, 3.8) is 0 Å². The smallest absolute Gasteiger partial charge is 0.119 e. The zero-order valence-electron chi connectivity index (χ0n) is 15.4. The molecule has 26 heavy (non-hydrogen) atoms. The van der Waals surface area contributed by atoms with Crippen LogP contribution in [0.3, 0.4) is 0 Å². The van der Waals surface area contributed by atoms with Gasteiger partial charge in [-0.15, -0.1) is 0 Å². The largest absolute Gasteiger partial charge is 0.491 e. The summed E-state index contributed by atoms with van der Waals surface area (Å²) in [5, 5.41) is 10.5. The lowest BCUT2D eigenvalue weighted by atomic mass is 10.0. The molecule has 1 aromatic heterocycles. The van der Waals surface area contributed by atoms with Gasteiger partial charge in [0.25, 0.3) is 0 Å². The zero-order chi connectivity index (χ0) is 18.1. The Balaban J connectivity index is 1.44. The summed E-state index contributed by atoms with van der Waals surface area (Å²) in [5.41, 5.74) is 3.39. The lowest BCUT2D eigenvalue weighted by Gasteiger charge is -2.16. The van der Waals surface area contributed by atoms with Gasteiger partial charge in [0.2, 0.25) is 0 Å². The molecule has 2 aromatic carbocycles. The van der Waals surface area contributed by atoms with E-state index in [0.717, 1.165) is 22.6 Å². The van der Waals surface area contributed by atoms with Crippen LogP contribution in [0.2, 0.25) is 0 Å². The first-order valence-electron chi connectivity index (χ1n) is 9.48. The molecule has 0 bridgehead atoms. The number of hydrogen-bond donors (Lipinski definition) is 1. The van der Waals surface area contributed by atoms with Crippen molar-refractivity contribution >= 4 is 11.0 Å². The molecule has 0 aliphatic heterocycles. The van der Waals surface area contributed by atoms with E-state index in [4.69, 9.17) is 9.72 Å². The summed E-state index contributed by atoms with van der Waals surface area (Å²) in [6, 6.07) is 16.3. The van der Waals surface area contributed by atoms with E-state index < -0.39 is 6.10 Å². The molecule has 4 rings (SSSR count). The van der Waals surface area contributed by atoms with Crippen molar-refractivity contribution in [3.05, 3.63) is 59.9 Å². The SMILES string of the molecule is CC(C)c1ccc(OC[C@H](O)Cn2c(C3CC3)nc3ccccc32)cc1. The Hall–Kier alpha value is -2.33. The molecule has 1 N–H and O–H groups in total. The Morgan fingerprint density at radius 2 is 1.85 bits per heavy atom. The number of benzene rings is 2. The summed E-state index contributed by atoms with van der Waals surface area (Å²) in [6.07, 6.45) is 1.81. The van der Waals surface area contributed by atoms with Gasteiger partial charge in [-0.1, -0.05) is 38.1 Å². The van der Waals surface area contributed by atoms with Gasteiger partial charge < -0.3 is 14.4 Å². The van der Waals surface area contributed by atoms with Crippen LogP contribution in [-0.4, -0.2) is 27.4 Å². The molecule has 0 spiro atoms. The highest BCUT2D eigenvalue weighted by Gasteiger charge is 2.30. The first-order valence-corrected chi connectivity index (χ1v) is 9.48. The minimum Gasteiger partial charge on any atom is -0.491 e. The highest BCUT2D eigenvalue weighted by atomic mass is 16.5. The van der Waals surface area contributed by atoms with Gasteiger partial charge in [0.05, 0.1) is 17.6 Å². The van der Waals surface area contributed by atoms with Crippen LogP contribution in [0.4, 0.5) is 0 Å². The molecule has 4 heteroatoms. The number of fused-ring (bicyclic) bond motifs is 1. The summed E-state index contributed by atoms with van der Waals surface area (Å²) in [6.45, 7) is 5.13. The molecule has 1 aliphatic carbocycles. The summed E-state index contributed by atoms with van der Waals surface area (Å²) < 4.78 is 7.97. The molecule has 0 unspecified atom stereocenters. The lowest BCUT2D eigenvalue weighted by Crippen LogP contribution is -2.24. The third kappa shape index (κ3) is 3.61. The molecule has 1 saturated carbocycles. The number of para-hydroxylation sites is 2. The van der Waals surface area contributed by atoms with Crippen LogP contribution < -0.4 is 4.74 Å². The second kappa shape index (κ2) is 7.12. The van der Waals surface area contributed by atoms with E-state index in [2.05, 4.69) is 36.6 Å². The van der Waals surface area contributed by atoms with Gasteiger partial charge in [0.15, 0.2) is 0 Å². The quantitative estimate of drug-likeness (QED) is 0.683. The maximum Gasteiger partial charge on any atom is 0.119 e. The van der Waals surface area contributed by atoms with Crippen LogP contribution in [0.5, 0.6) is 5.75 Å². The average molecular weight is 350 g/mol. The third-order valence-corrected chi connectivity index (χ3v) is 5.01. The number of ether oxygens (including phenoxy) is 1. The number of hydrogen-bond acceptors (Lipinski definition) is 3. The number of aliphatic hydroxyl groups is 1. The Bertz CT molecular complexity index is 879. The van der Waals surface area contributed by atoms with E-state index in [1.807, 2.05) is 30.3 Å². The fourth-order valence-electron chi connectivity index (χ4n) is 3.34. The predicted octanol–water partition coefficient (Wildman–Crippen LogP) is 4.48. The minimum atomic E-state index is -0.574. The second-order valence-corrected chi connectivity index (χ2v) is 7.53. The van der Waals surface area contributed by atoms with Gasteiger partial charge in [-0.3, -0.25) is 0 Å². The molecular weight excluding hydrogens is 324 g/mol. The number of imidazole rings is 1. The van der Waals surface area contributed by atoms with Crippen molar-refractivity contribution in [2.45, 2.75) is 51.2 Å². The van der Waals surface area contributed by atoms with E-state index in [-0.39, 0.29) is 6.61 Å². The topological polar surface area (TPSA) is 47.3 Å². The summed E-state index contributed by atoms with van der Waals surface area (Å²) in [4.78, 5) is 4.78. The number of aliphatic hydroxyl groups excluding tert-OH is 1. The van der Waals surface area contributed by atoms with E-state index >= 15 is 0 Å². The predicted molar refractivity (Wildman–Crippen MR) is 104 cm³/mol. The molecule has 0 amide bonds. The van der Waals surface area contributed by atoms with E-state index in [9.17, 15) is 5.11 Å². The third-order valence-electron chi connectivity index (χ3n) is 5.01. The summed E-state index contributed by atoms with van der Waals surface area (Å²) >= 11 is 0. The summed E-state index contributed by atoms with van der Waals surface area (Å²) in [7, 11) is 0. The highest BCUT2D eigenvalue weighted by molar-refractivity contribution is 5.76. The Morgan fingerprint density at radius 3 is 2.54 bits per heavy atom. The molecule has 136 valence electrons. The normalized spacial score (nSPS) is 15.5. The zero-order valence-corrected chi connectivity index (χ0v) is 15.4. The van der Waals surface area contributed by atoms with Crippen molar-refractivity contribution in [1.29, 1.82) is 0 Å². The van der Waals surface area contributed by atoms with Gasteiger partial charge in [0.1, 0.15) is 24.3 Å². The van der Waals surface area contributed by atoms with Crippen molar-refractivity contribution in [3.8, 4) is 5.75 Å². The Kier molecular flexibility index (Phi) is 4.68. The van der Waals surface area contributed by atoms with Gasteiger partial charge in [-0.25, -0.2) is 4.98 Å². The number of rotatable bonds is 7. The van der Waals surface area contributed by atoms with E-state index in [0.29, 0.717) is 18.4 Å². The van der Waals surface area contributed by atoms with Crippen LogP contribution in [-0.2, 0) is 6.54 Å². The maximum atomic E-state index is 10.5. The van der Waals surface area contributed by atoms with Gasteiger partial charge >= 0.3 is 0 Å². The van der Waals surface area contributed by atoms with E-state index in [1.54, 1.807) is 0 Å². The number of aromatic nitrogens is 2. The van der Waals surface area contributed by atoms with Crippen LogP contribution in [0.15, 0.2) is 48.5 Å². The molecular formula is C22H26N2O2. The maximum absolute atomic E-state index is 10.5. The van der Waals surface area contributed by atoms with Gasteiger partial charge in [-0.05, 0) is 48.6 Å². The fraction of sp³-hybridized carbons (Fsp3) is 0.409. The fourth-order valence-corrected chi connectivity index (χ4v) is 3.34. The van der Waals surface area contributed by atoms with Crippen LogP contribution in [0, 0.1) is 0 Å². The molecule has 3 aromatic rings. The van der Waals surface area contributed by atoms with E-state index in [1.165, 1.54) is 18.4 Å². The molecule has 4 nitrogen and oxygen atoms in total. The Labute approximate surface area is 154 Å².